The summed E-state index contributed by atoms with van der Waals surface area (Å²) in [7, 11) is 2.06. The molecule has 2 heterocycles. The SMILES string of the molecule is CN1CCN(c2ccc(Nc3ncc(F)c(Nc4ccc(OCC#N)cc4)n3)cc2C(N)=O)CC1. The number of nitrogens with one attached hydrogen (secondary N) is 2. The van der Waals surface area contributed by atoms with Crippen molar-refractivity contribution in [3.8, 4) is 11.8 Å². The minimum Gasteiger partial charge on any atom is -0.479 e. The van der Waals surface area contributed by atoms with Crippen LogP contribution >= 0.6 is 0 Å². The first-order chi connectivity index (χ1) is 16.9. The first-order valence-electron chi connectivity index (χ1n) is 11.0. The van der Waals surface area contributed by atoms with Crippen molar-refractivity contribution in [1.29, 1.82) is 5.26 Å². The zero-order valence-corrected chi connectivity index (χ0v) is 19.2. The average molecular weight is 477 g/mol. The molecule has 1 amide bonds. The van der Waals surface area contributed by atoms with Crippen molar-refractivity contribution in [2.24, 2.45) is 5.73 Å². The number of hydrogen-bond donors (Lipinski definition) is 3. The highest BCUT2D eigenvalue weighted by atomic mass is 19.1. The van der Waals surface area contributed by atoms with Gasteiger partial charge in [0.1, 0.15) is 11.8 Å². The molecule has 11 heteroatoms. The zero-order chi connectivity index (χ0) is 24.8. The Morgan fingerprint density at radius 1 is 1.14 bits per heavy atom. The molecule has 180 valence electrons. The van der Waals surface area contributed by atoms with Crippen LogP contribution in [0.2, 0.25) is 0 Å². The van der Waals surface area contributed by atoms with E-state index in [0.717, 1.165) is 38.1 Å². The van der Waals surface area contributed by atoms with E-state index >= 15 is 0 Å². The maximum absolute atomic E-state index is 14.4. The van der Waals surface area contributed by atoms with Crippen LogP contribution in [0.1, 0.15) is 10.4 Å². The van der Waals surface area contributed by atoms with Gasteiger partial charge in [-0.2, -0.15) is 10.2 Å². The number of carbonyl (C=O) groups is 1. The van der Waals surface area contributed by atoms with Gasteiger partial charge >= 0.3 is 0 Å². The Balaban J connectivity index is 1.50. The lowest BCUT2D eigenvalue weighted by Crippen LogP contribution is -2.45. The first kappa shape index (κ1) is 23.7. The van der Waals surface area contributed by atoms with Crippen molar-refractivity contribution in [3.63, 3.8) is 0 Å². The van der Waals surface area contributed by atoms with E-state index in [-0.39, 0.29) is 18.4 Å². The van der Waals surface area contributed by atoms with Gasteiger partial charge in [-0.3, -0.25) is 4.79 Å². The lowest BCUT2D eigenvalue weighted by atomic mass is 10.1. The van der Waals surface area contributed by atoms with Crippen LogP contribution in [-0.2, 0) is 0 Å². The molecule has 10 nitrogen and oxygen atoms in total. The highest BCUT2D eigenvalue weighted by Gasteiger charge is 2.20. The Hall–Kier alpha value is -4.43. The van der Waals surface area contributed by atoms with E-state index in [1.807, 2.05) is 12.1 Å². The number of hydrogen-bond acceptors (Lipinski definition) is 9. The van der Waals surface area contributed by atoms with Crippen LogP contribution in [-0.4, -0.2) is 60.6 Å². The van der Waals surface area contributed by atoms with E-state index in [2.05, 4.69) is 37.4 Å². The Morgan fingerprint density at radius 2 is 1.86 bits per heavy atom. The Labute approximate surface area is 202 Å². The van der Waals surface area contributed by atoms with Gasteiger partial charge in [-0.1, -0.05) is 0 Å². The molecule has 1 aromatic heterocycles. The summed E-state index contributed by atoms with van der Waals surface area (Å²) in [5, 5.41) is 14.5. The number of rotatable bonds is 8. The zero-order valence-electron chi connectivity index (χ0n) is 19.2. The molecule has 1 aliphatic heterocycles. The van der Waals surface area contributed by atoms with Gasteiger partial charge in [-0.25, -0.2) is 9.37 Å². The van der Waals surface area contributed by atoms with Crippen LogP contribution in [0.15, 0.2) is 48.7 Å². The lowest BCUT2D eigenvalue weighted by molar-refractivity contribution is 0.100. The van der Waals surface area contributed by atoms with Gasteiger partial charge in [0.2, 0.25) is 5.95 Å². The molecule has 2 aromatic carbocycles. The van der Waals surface area contributed by atoms with Gasteiger partial charge in [0.25, 0.3) is 5.91 Å². The standard InChI is InChI=1S/C24H25FN8O2/c1-32-9-11-33(12-10-32)21-7-4-17(14-19(21)22(27)34)30-24-28-15-20(25)23(31-24)29-16-2-5-18(6-3-16)35-13-8-26/h2-7,14-15H,9-13H2,1H3,(H2,27,34)(H2,28,29,30,31). The Kier molecular flexibility index (Phi) is 7.23. The van der Waals surface area contributed by atoms with Crippen molar-refractivity contribution in [3.05, 3.63) is 60.0 Å². The van der Waals surface area contributed by atoms with E-state index in [1.54, 1.807) is 36.4 Å². The van der Waals surface area contributed by atoms with Crippen molar-refractivity contribution < 1.29 is 13.9 Å². The number of anilines is 5. The number of benzene rings is 2. The number of piperazine rings is 1. The molecule has 0 atom stereocenters. The summed E-state index contributed by atoms with van der Waals surface area (Å²) in [4.78, 5) is 24.7. The van der Waals surface area contributed by atoms with Crippen LogP contribution < -0.4 is 26.0 Å². The fourth-order valence-electron chi connectivity index (χ4n) is 3.67. The maximum Gasteiger partial charge on any atom is 0.250 e. The molecule has 4 N–H and O–H groups in total. The average Bonchev–Trinajstić information content (AvgIpc) is 2.86. The predicted octanol–water partition coefficient (Wildman–Crippen LogP) is 2.86. The molecule has 0 radical (unpaired) electrons. The number of primary amides is 1. The summed E-state index contributed by atoms with van der Waals surface area (Å²) in [6.07, 6.45) is 1.05. The normalized spacial score (nSPS) is 13.7. The molecule has 1 fully saturated rings. The summed E-state index contributed by atoms with van der Waals surface area (Å²) in [5.74, 6) is -0.536. The highest BCUT2D eigenvalue weighted by molar-refractivity contribution is 6.00. The molecule has 0 aliphatic carbocycles. The van der Waals surface area contributed by atoms with Crippen molar-refractivity contribution in [1.82, 2.24) is 14.9 Å². The van der Waals surface area contributed by atoms with Crippen molar-refractivity contribution in [2.75, 3.05) is 55.4 Å². The van der Waals surface area contributed by atoms with Gasteiger partial charge in [-0.05, 0) is 49.5 Å². The van der Waals surface area contributed by atoms with E-state index < -0.39 is 11.7 Å². The van der Waals surface area contributed by atoms with Gasteiger partial charge in [0, 0.05) is 43.2 Å². The lowest BCUT2D eigenvalue weighted by Gasteiger charge is -2.35. The van der Waals surface area contributed by atoms with Crippen LogP contribution in [0.5, 0.6) is 5.75 Å². The van der Waals surface area contributed by atoms with Gasteiger partial charge in [-0.15, -0.1) is 0 Å². The monoisotopic (exact) mass is 476 g/mol. The topological polar surface area (TPSA) is 132 Å². The summed E-state index contributed by atoms with van der Waals surface area (Å²) in [5.41, 5.74) is 7.95. The Morgan fingerprint density at radius 3 is 2.54 bits per heavy atom. The number of nitrogens with two attached hydrogens (primary N) is 1. The van der Waals surface area contributed by atoms with E-state index in [9.17, 15) is 9.18 Å². The minimum absolute atomic E-state index is 0.0302. The molecule has 3 aromatic rings. The Bertz CT molecular complexity index is 1240. The molecule has 0 unspecified atom stereocenters. The molecule has 0 bridgehead atoms. The number of nitrogens with zero attached hydrogens (tertiary/aromatic N) is 5. The molecule has 0 spiro atoms. The predicted molar refractivity (Wildman–Crippen MR) is 131 cm³/mol. The molecular weight excluding hydrogens is 451 g/mol. The first-order valence-corrected chi connectivity index (χ1v) is 11.0. The number of aromatic nitrogens is 2. The second-order valence-electron chi connectivity index (χ2n) is 8.00. The molecule has 1 saturated heterocycles. The molecular formula is C24H25FN8O2. The van der Waals surface area contributed by atoms with Crippen LogP contribution in [0.3, 0.4) is 0 Å². The van der Waals surface area contributed by atoms with Crippen molar-refractivity contribution >= 4 is 34.7 Å². The van der Waals surface area contributed by atoms with Crippen molar-refractivity contribution in [2.45, 2.75) is 0 Å². The molecule has 35 heavy (non-hydrogen) atoms. The number of carbonyl (C=O) groups excluding carboxylic acids is 1. The van der Waals surface area contributed by atoms with Crippen LogP contribution in [0, 0.1) is 17.1 Å². The second-order valence-corrected chi connectivity index (χ2v) is 8.00. The van der Waals surface area contributed by atoms with E-state index in [0.29, 0.717) is 22.7 Å². The summed E-state index contributed by atoms with van der Waals surface area (Å²) in [6, 6.07) is 13.9. The van der Waals surface area contributed by atoms with Gasteiger partial charge in [0.15, 0.2) is 18.2 Å². The third-order valence-electron chi connectivity index (χ3n) is 5.53. The third-order valence-corrected chi connectivity index (χ3v) is 5.53. The van der Waals surface area contributed by atoms with E-state index in [4.69, 9.17) is 15.7 Å². The largest absolute Gasteiger partial charge is 0.479 e. The summed E-state index contributed by atoms with van der Waals surface area (Å²) in [6.45, 7) is 3.33. The van der Waals surface area contributed by atoms with Gasteiger partial charge in [0.05, 0.1) is 11.8 Å². The van der Waals surface area contributed by atoms with Crippen LogP contribution in [0.25, 0.3) is 0 Å². The highest BCUT2D eigenvalue weighted by Crippen LogP contribution is 2.27. The fraction of sp³-hybridized carbons (Fsp3) is 0.250. The summed E-state index contributed by atoms with van der Waals surface area (Å²) < 4.78 is 19.6. The minimum atomic E-state index is -0.636. The quantitative estimate of drug-likeness (QED) is 0.449. The number of amides is 1. The number of likely N-dealkylation sites (N-methyl/N-ethyl adjacent to an activating group) is 1. The number of halogens is 1. The van der Waals surface area contributed by atoms with E-state index in [1.165, 1.54) is 0 Å². The third kappa shape index (κ3) is 5.93. The van der Waals surface area contributed by atoms with Gasteiger partial charge < -0.3 is 30.9 Å². The second kappa shape index (κ2) is 10.7. The smallest absolute Gasteiger partial charge is 0.250 e. The van der Waals surface area contributed by atoms with Crippen LogP contribution in [0.4, 0.5) is 33.2 Å². The molecule has 0 saturated carbocycles. The maximum atomic E-state index is 14.4. The summed E-state index contributed by atoms with van der Waals surface area (Å²) >= 11 is 0. The number of nitriles is 1. The fourth-order valence-corrected chi connectivity index (χ4v) is 3.67. The molecule has 1 aliphatic rings. The number of ether oxygens (including phenoxy) is 1. The molecule has 4 rings (SSSR count).